The molecule has 0 saturated heterocycles. The number of aromatic nitrogens is 1. The van der Waals surface area contributed by atoms with Gasteiger partial charge in [0, 0.05) is 15.6 Å². The number of halogens is 1. The van der Waals surface area contributed by atoms with Crippen LogP contribution in [0.2, 0.25) is 0 Å². The average Bonchev–Trinajstić information content (AvgIpc) is 2.74. The van der Waals surface area contributed by atoms with Crippen molar-refractivity contribution >= 4 is 21.8 Å². The first-order chi connectivity index (χ1) is 8.49. The Hall–Kier alpha value is -1.69. The molecule has 1 heterocycles. The minimum atomic E-state index is 0.0330. The summed E-state index contributed by atoms with van der Waals surface area (Å²) in [6, 6.07) is 0. The highest BCUT2D eigenvalue weighted by Gasteiger charge is 2.22. The quantitative estimate of drug-likeness (QED) is 0.890. The van der Waals surface area contributed by atoms with Crippen molar-refractivity contribution in [1.29, 1.82) is 0 Å². The molecule has 0 radical (unpaired) electrons. The number of ether oxygens (including phenoxy) is 1. The molecule has 0 aliphatic carbocycles. The van der Waals surface area contributed by atoms with Crippen molar-refractivity contribution in [2.45, 2.75) is 13.8 Å². The second-order valence-electron chi connectivity index (χ2n) is 3.92. The zero-order valence-corrected chi connectivity index (χ0v) is 11.8. The van der Waals surface area contributed by atoms with Gasteiger partial charge in [0.2, 0.25) is 5.88 Å². The van der Waals surface area contributed by atoms with E-state index < -0.39 is 0 Å². The van der Waals surface area contributed by atoms with Gasteiger partial charge < -0.3 is 20.1 Å². The molecule has 1 aromatic carbocycles. The molecule has 1 aromatic heterocycles. The number of phenols is 1. The minimum absolute atomic E-state index is 0.0330. The molecule has 0 bridgehead atoms. The van der Waals surface area contributed by atoms with Crippen LogP contribution in [0.3, 0.4) is 0 Å². The van der Waals surface area contributed by atoms with Crippen molar-refractivity contribution in [3.05, 3.63) is 21.8 Å². The Bertz CT molecular complexity index is 608. The first-order valence-electron chi connectivity index (χ1n) is 5.25. The van der Waals surface area contributed by atoms with Gasteiger partial charge in [0.15, 0.2) is 11.5 Å². The van der Waals surface area contributed by atoms with Crippen LogP contribution in [0.15, 0.2) is 15.2 Å². The Labute approximate surface area is 113 Å². The summed E-state index contributed by atoms with van der Waals surface area (Å²) in [5.41, 5.74) is 8.47. The third-order valence-corrected chi connectivity index (χ3v) is 4.09. The van der Waals surface area contributed by atoms with Crippen LogP contribution in [0.4, 0.5) is 5.88 Å². The van der Waals surface area contributed by atoms with E-state index in [1.807, 2.05) is 13.8 Å². The van der Waals surface area contributed by atoms with E-state index in [2.05, 4.69) is 21.1 Å². The fourth-order valence-corrected chi connectivity index (χ4v) is 2.35. The number of hydrogen-bond donors (Lipinski definition) is 2. The summed E-state index contributed by atoms with van der Waals surface area (Å²) < 4.78 is 10.9. The number of nitrogens with zero attached hydrogens (tertiary/aromatic N) is 1. The van der Waals surface area contributed by atoms with Crippen LogP contribution in [-0.4, -0.2) is 17.4 Å². The Balaban J connectivity index is 2.83. The smallest absolute Gasteiger partial charge is 0.230 e. The standard InChI is InChI=1S/C12H13BrN2O3/c1-5-8(7-4-15-18-12(7)14)10(16)11(17-3)6(2)9(5)13/h4,16H,14H2,1-3H3. The molecule has 0 aliphatic heterocycles. The fourth-order valence-electron chi connectivity index (χ4n) is 1.98. The molecule has 0 spiro atoms. The van der Waals surface area contributed by atoms with Crippen LogP contribution in [0.25, 0.3) is 11.1 Å². The van der Waals surface area contributed by atoms with Gasteiger partial charge in [0.1, 0.15) is 0 Å². The SMILES string of the molecule is COc1c(C)c(Br)c(C)c(-c2cnoc2N)c1O. The summed E-state index contributed by atoms with van der Waals surface area (Å²) in [6.07, 6.45) is 1.47. The van der Waals surface area contributed by atoms with Crippen molar-refractivity contribution in [2.75, 3.05) is 12.8 Å². The number of aromatic hydroxyl groups is 1. The molecule has 2 rings (SSSR count). The summed E-state index contributed by atoms with van der Waals surface area (Å²) in [7, 11) is 1.50. The first-order valence-corrected chi connectivity index (χ1v) is 6.04. The summed E-state index contributed by atoms with van der Waals surface area (Å²) in [5, 5.41) is 13.9. The van der Waals surface area contributed by atoms with Crippen LogP contribution in [-0.2, 0) is 0 Å². The molecule has 5 nitrogen and oxygen atoms in total. The number of nitrogen functional groups attached to an aromatic ring is 1. The Morgan fingerprint density at radius 3 is 2.56 bits per heavy atom. The Morgan fingerprint density at radius 2 is 2.06 bits per heavy atom. The molecular weight excluding hydrogens is 300 g/mol. The summed E-state index contributed by atoms with van der Waals surface area (Å²) in [5.74, 6) is 0.597. The lowest BCUT2D eigenvalue weighted by Crippen LogP contribution is -1.96. The number of anilines is 1. The maximum Gasteiger partial charge on any atom is 0.230 e. The summed E-state index contributed by atoms with van der Waals surface area (Å²) in [4.78, 5) is 0. The van der Waals surface area contributed by atoms with Crippen LogP contribution in [0, 0.1) is 13.8 Å². The monoisotopic (exact) mass is 312 g/mol. The van der Waals surface area contributed by atoms with Crippen molar-refractivity contribution in [2.24, 2.45) is 0 Å². The van der Waals surface area contributed by atoms with Gasteiger partial charge >= 0.3 is 0 Å². The van der Waals surface area contributed by atoms with Crippen LogP contribution in [0.1, 0.15) is 11.1 Å². The van der Waals surface area contributed by atoms with Crippen molar-refractivity contribution in [1.82, 2.24) is 5.16 Å². The molecule has 0 unspecified atom stereocenters. The lowest BCUT2D eigenvalue weighted by atomic mass is 9.98. The Kier molecular flexibility index (Phi) is 3.21. The summed E-state index contributed by atoms with van der Waals surface area (Å²) >= 11 is 3.48. The van der Waals surface area contributed by atoms with E-state index in [0.717, 1.165) is 15.6 Å². The van der Waals surface area contributed by atoms with Gasteiger partial charge in [-0.1, -0.05) is 21.1 Å². The average molecular weight is 313 g/mol. The topological polar surface area (TPSA) is 81.5 Å². The van der Waals surface area contributed by atoms with Crippen LogP contribution < -0.4 is 10.5 Å². The largest absolute Gasteiger partial charge is 0.504 e. The van der Waals surface area contributed by atoms with Gasteiger partial charge in [-0.2, -0.15) is 0 Å². The highest BCUT2D eigenvalue weighted by Crippen LogP contribution is 2.47. The van der Waals surface area contributed by atoms with E-state index in [0.29, 0.717) is 16.9 Å². The lowest BCUT2D eigenvalue weighted by molar-refractivity contribution is 0.371. The highest BCUT2D eigenvalue weighted by molar-refractivity contribution is 9.10. The summed E-state index contributed by atoms with van der Waals surface area (Å²) in [6.45, 7) is 3.73. The van der Waals surface area contributed by atoms with Gasteiger partial charge in [-0.25, -0.2) is 0 Å². The molecule has 0 aliphatic rings. The van der Waals surface area contributed by atoms with Crippen molar-refractivity contribution in [3.8, 4) is 22.6 Å². The number of rotatable bonds is 2. The van der Waals surface area contributed by atoms with Crippen LogP contribution >= 0.6 is 15.9 Å². The van der Waals surface area contributed by atoms with Gasteiger partial charge in [-0.3, -0.25) is 0 Å². The van der Waals surface area contributed by atoms with Crippen molar-refractivity contribution < 1.29 is 14.4 Å². The number of hydrogen-bond acceptors (Lipinski definition) is 5. The van der Waals surface area contributed by atoms with Gasteiger partial charge in [0.05, 0.1) is 18.9 Å². The molecule has 96 valence electrons. The molecule has 2 aromatic rings. The number of methoxy groups -OCH3 is 1. The van der Waals surface area contributed by atoms with Crippen LogP contribution in [0.5, 0.6) is 11.5 Å². The van der Waals surface area contributed by atoms with E-state index in [1.54, 1.807) is 0 Å². The molecule has 0 amide bonds. The maximum atomic E-state index is 10.3. The van der Waals surface area contributed by atoms with Gasteiger partial charge in [0.25, 0.3) is 0 Å². The molecular formula is C12H13BrN2O3. The Morgan fingerprint density at radius 1 is 1.39 bits per heavy atom. The van der Waals surface area contributed by atoms with E-state index in [1.165, 1.54) is 13.3 Å². The van der Waals surface area contributed by atoms with Gasteiger partial charge in [-0.05, 0) is 19.4 Å². The fraction of sp³-hybridized carbons (Fsp3) is 0.250. The van der Waals surface area contributed by atoms with Crippen molar-refractivity contribution in [3.63, 3.8) is 0 Å². The number of nitrogens with two attached hydrogens (primary N) is 1. The maximum absolute atomic E-state index is 10.3. The van der Waals surface area contributed by atoms with Gasteiger partial charge in [-0.15, -0.1) is 0 Å². The predicted molar refractivity (Wildman–Crippen MR) is 71.7 cm³/mol. The first kappa shape index (κ1) is 12.8. The molecule has 6 heteroatoms. The molecule has 18 heavy (non-hydrogen) atoms. The third-order valence-electron chi connectivity index (χ3n) is 2.90. The second-order valence-corrected chi connectivity index (χ2v) is 4.72. The number of benzene rings is 1. The minimum Gasteiger partial charge on any atom is -0.504 e. The normalized spacial score (nSPS) is 10.7. The molecule has 0 fully saturated rings. The zero-order valence-electron chi connectivity index (χ0n) is 10.2. The van der Waals surface area contributed by atoms with E-state index in [4.69, 9.17) is 15.0 Å². The number of phenolic OH excluding ortho intramolecular Hbond substituents is 1. The van der Waals surface area contributed by atoms with E-state index in [-0.39, 0.29) is 11.6 Å². The third kappa shape index (κ3) is 1.73. The van der Waals surface area contributed by atoms with E-state index in [9.17, 15) is 5.11 Å². The zero-order chi connectivity index (χ0) is 13.4. The predicted octanol–water partition coefficient (Wildman–Crippen LogP) is 3.02. The second kappa shape index (κ2) is 4.53. The van der Waals surface area contributed by atoms with E-state index >= 15 is 0 Å². The highest BCUT2D eigenvalue weighted by atomic mass is 79.9. The lowest BCUT2D eigenvalue weighted by Gasteiger charge is -2.16. The molecule has 0 atom stereocenters. The molecule has 3 N–H and O–H groups in total. The molecule has 0 saturated carbocycles.